The van der Waals surface area contributed by atoms with E-state index in [2.05, 4.69) is 174 Å². The molecule has 0 aliphatic carbocycles. The molecule has 0 amide bonds. The third-order valence-corrected chi connectivity index (χ3v) is 8.71. The fraction of sp³-hybridized carbons (Fsp3) is 0.0233. The Hall–Kier alpha value is -5.66. The van der Waals surface area contributed by atoms with E-state index in [0.29, 0.717) is 0 Å². The Morgan fingerprint density at radius 1 is 0.432 bits per heavy atom. The highest BCUT2D eigenvalue weighted by molar-refractivity contribution is 6.12. The van der Waals surface area contributed by atoms with Gasteiger partial charge in [0.15, 0.2) is 0 Å². The van der Waals surface area contributed by atoms with E-state index in [1.54, 1.807) is 0 Å². The van der Waals surface area contributed by atoms with Crippen molar-refractivity contribution in [2.45, 2.75) is 6.92 Å². The van der Waals surface area contributed by atoms with Crippen LogP contribution in [-0.2, 0) is 0 Å². The maximum atomic E-state index is 2.37. The molecule has 8 aromatic rings. The largest absolute Gasteiger partial charge is 0.309 e. The quantitative estimate of drug-likeness (QED) is 0.145. The van der Waals surface area contributed by atoms with E-state index < -0.39 is 0 Å². The summed E-state index contributed by atoms with van der Waals surface area (Å²) in [4.78, 5) is 0. The van der Waals surface area contributed by atoms with Gasteiger partial charge in [-0.3, -0.25) is 0 Å². The molecule has 0 atom stereocenters. The number of nitrogens with zero attached hydrogens (tertiary/aromatic N) is 1. The van der Waals surface area contributed by atoms with Crippen LogP contribution in [0, 0.1) is 0 Å². The zero-order valence-electron chi connectivity index (χ0n) is 24.6. The summed E-state index contributed by atoms with van der Waals surface area (Å²) in [5.41, 5.74) is 9.71. The smallest absolute Gasteiger partial charge is 0.0541 e. The highest BCUT2D eigenvalue weighted by atomic mass is 15.0. The molecule has 0 fully saturated rings. The SMILES string of the molecule is C/C=C\C=C/c1cc2ccccc2c2ccc(-c3cccc(-c4ccc(-n5c6ccccc6c6ccccc65)cc4)c3)cc12. The van der Waals surface area contributed by atoms with Gasteiger partial charge in [-0.25, -0.2) is 0 Å². The molecule has 0 aliphatic rings. The fourth-order valence-corrected chi connectivity index (χ4v) is 6.60. The minimum Gasteiger partial charge on any atom is -0.309 e. The van der Waals surface area contributed by atoms with Crippen LogP contribution in [0.4, 0.5) is 0 Å². The van der Waals surface area contributed by atoms with Gasteiger partial charge in [-0.2, -0.15) is 0 Å². The summed E-state index contributed by atoms with van der Waals surface area (Å²) in [5.74, 6) is 0. The molecule has 7 aromatic carbocycles. The van der Waals surface area contributed by atoms with Crippen molar-refractivity contribution in [2.75, 3.05) is 0 Å². The Morgan fingerprint density at radius 2 is 1.05 bits per heavy atom. The molecule has 1 heteroatoms. The van der Waals surface area contributed by atoms with Crippen molar-refractivity contribution >= 4 is 49.4 Å². The standard InChI is InChI=1S/C43H31N/c1-2-3-4-12-35-28-34-13-5-6-16-37(34)38-26-23-33(29-41(35)38)32-15-11-14-31(27-32)30-21-24-36(25-22-30)44-42-19-9-7-17-39(42)40-18-8-10-20-43(40)44/h2-29H,1H3/b3-2-,12-4-. The van der Waals surface area contributed by atoms with E-state index in [9.17, 15) is 0 Å². The van der Waals surface area contributed by atoms with Gasteiger partial charge in [0, 0.05) is 16.5 Å². The molecule has 0 radical (unpaired) electrons. The second-order valence-corrected chi connectivity index (χ2v) is 11.3. The summed E-state index contributed by atoms with van der Waals surface area (Å²) in [5, 5.41) is 7.66. The minimum absolute atomic E-state index is 1.17. The molecule has 44 heavy (non-hydrogen) atoms. The lowest BCUT2D eigenvalue weighted by molar-refractivity contribution is 1.18. The first-order valence-corrected chi connectivity index (χ1v) is 15.2. The van der Waals surface area contributed by atoms with Crippen LogP contribution in [0.2, 0.25) is 0 Å². The first-order chi connectivity index (χ1) is 21.8. The van der Waals surface area contributed by atoms with Gasteiger partial charge in [-0.1, -0.05) is 127 Å². The summed E-state index contributed by atoms with van der Waals surface area (Å²) in [7, 11) is 0. The maximum Gasteiger partial charge on any atom is 0.0541 e. The van der Waals surface area contributed by atoms with Gasteiger partial charge in [0.2, 0.25) is 0 Å². The number of hydrogen-bond donors (Lipinski definition) is 0. The van der Waals surface area contributed by atoms with Crippen molar-refractivity contribution in [2.24, 2.45) is 0 Å². The zero-order chi connectivity index (χ0) is 29.5. The van der Waals surface area contributed by atoms with Crippen molar-refractivity contribution in [1.82, 2.24) is 4.57 Å². The van der Waals surface area contributed by atoms with E-state index in [1.807, 2.05) is 6.92 Å². The third kappa shape index (κ3) is 4.42. The summed E-state index contributed by atoms with van der Waals surface area (Å²) in [6, 6.07) is 53.1. The van der Waals surface area contributed by atoms with Crippen LogP contribution in [0.5, 0.6) is 0 Å². The van der Waals surface area contributed by atoms with Crippen LogP contribution in [0.15, 0.2) is 164 Å². The average Bonchev–Trinajstić information content (AvgIpc) is 3.43. The molecule has 1 heterocycles. The van der Waals surface area contributed by atoms with Crippen molar-refractivity contribution < 1.29 is 0 Å². The Balaban J connectivity index is 1.19. The van der Waals surface area contributed by atoms with Crippen molar-refractivity contribution in [3.05, 3.63) is 169 Å². The highest BCUT2D eigenvalue weighted by Crippen LogP contribution is 2.36. The predicted octanol–water partition coefficient (Wildman–Crippen LogP) is 12.0. The van der Waals surface area contributed by atoms with Crippen LogP contribution in [0.25, 0.3) is 77.4 Å². The number of hydrogen-bond acceptors (Lipinski definition) is 0. The number of aromatic nitrogens is 1. The molecule has 0 bridgehead atoms. The number of benzene rings is 7. The summed E-state index contributed by atoms with van der Waals surface area (Å²) < 4.78 is 2.37. The summed E-state index contributed by atoms with van der Waals surface area (Å²) in [6.07, 6.45) is 8.49. The topological polar surface area (TPSA) is 4.93 Å². The first kappa shape index (κ1) is 26.0. The summed E-state index contributed by atoms with van der Waals surface area (Å²) >= 11 is 0. The van der Waals surface area contributed by atoms with E-state index >= 15 is 0 Å². The molecule has 0 spiro atoms. The van der Waals surface area contributed by atoms with Gasteiger partial charge < -0.3 is 4.57 Å². The monoisotopic (exact) mass is 561 g/mol. The molecule has 0 aliphatic heterocycles. The molecule has 0 saturated heterocycles. The van der Waals surface area contributed by atoms with E-state index in [0.717, 1.165) is 0 Å². The van der Waals surface area contributed by atoms with Gasteiger partial charge in [0.1, 0.15) is 0 Å². The fourth-order valence-electron chi connectivity index (χ4n) is 6.60. The summed E-state index contributed by atoms with van der Waals surface area (Å²) in [6.45, 7) is 2.05. The van der Waals surface area contributed by atoms with E-state index in [4.69, 9.17) is 0 Å². The second kappa shape index (κ2) is 10.9. The van der Waals surface area contributed by atoms with Crippen LogP contribution < -0.4 is 0 Å². The van der Waals surface area contributed by atoms with Crippen molar-refractivity contribution in [1.29, 1.82) is 0 Å². The van der Waals surface area contributed by atoms with E-state index in [-0.39, 0.29) is 0 Å². The lowest BCUT2D eigenvalue weighted by atomic mass is 9.92. The number of allylic oxidation sites excluding steroid dienone is 3. The second-order valence-electron chi connectivity index (χ2n) is 11.3. The van der Waals surface area contributed by atoms with Crippen molar-refractivity contribution in [3.63, 3.8) is 0 Å². The molecule has 0 unspecified atom stereocenters. The molecule has 1 nitrogen and oxygen atoms in total. The Morgan fingerprint density at radius 3 is 1.77 bits per heavy atom. The van der Waals surface area contributed by atoms with Crippen LogP contribution in [0.3, 0.4) is 0 Å². The van der Waals surface area contributed by atoms with Gasteiger partial charge in [0.25, 0.3) is 0 Å². The highest BCUT2D eigenvalue weighted by Gasteiger charge is 2.12. The maximum absolute atomic E-state index is 2.37. The van der Waals surface area contributed by atoms with Gasteiger partial charge in [-0.15, -0.1) is 0 Å². The average molecular weight is 562 g/mol. The predicted molar refractivity (Wildman–Crippen MR) is 191 cm³/mol. The first-order valence-electron chi connectivity index (χ1n) is 15.2. The number of para-hydroxylation sites is 2. The molecular formula is C43H31N. The minimum atomic E-state index is 1.17. The third-order valence-electron chi connectivity index (χ3n) is 8.71. The number of rotatable bonds is 5. The Bertz CT molecular complexity index is 2330. The van der Waals surface area contributed by atoms with E-state index in [1.165, 1.54) is 76.9 Å². The van der Waals surface area contributed by atoms with Gasteiger partial charge >= 0.3 is 0 Å². The Kier molecular flexibility index (Phi) is 6.43. The zero-order valence-corrected chi connectivity index (χ0v) is 24.6. The van der Waals surface area contributed by atoms with Gasteiger partial charge in [0.05, 0.1) is 11.0 Å². The normalized spacial score (nSPS) is 12.0. The molecule has 208 valence electrons. The lowest BCUT2D eigenvalue weighted by Gasteiger charge is -2.12. The number of fused-ring (bicyclic) bond motifs is 6. The molecular weight excluding hydrogens is 530 g/mol. The molecule has 0 N–H and O–H groups in total. The molecule has 1 aromatic heterocycles. The lowest BCUT2D eigenvalue weighted by Crippen LogP contribution is -1.93. The Labute approximate surface area is 257 Å². The van der Waals surface area contributed by atoms with Crippen molar-refractivity contribution in [3.8, 4) is 27.9 Å². The molecule has 8 rings (SSSR count). The van der Waals surface area contributed by atoms with Crippen LogP contribution in [-0.4, -0.2) is 4.57 Å². The molecule has 0 saturated carbocycles. The van der Waals surface area contributed by atoms with Crippen LogP contribution >= 0.6 is 0 Å². The van der Waals surface area contributed by atoms with Gasteiger partial charge in [-0.05, 0) is 98.8 Å². The van der Waals surface area contributed by atoms with Crippen LogP contribution in [0.1, 0.15) is 12.5 Å².